The third-order valence-electron chi connectivity index (χ3n) is 8.04. The summed E-state index contributed by atoms with van der Waals surface area (Å²) in [5.74, 6) is -0.0919. The predicted molar refractivity (Wildman–Crippen MR) is 185 cm³/mol. The van der Waals surface area contributed by atoms with E-state index in [2.05, 4.69) is 36.5 Å². The van der Waals surface area contributed by atoms with Gasteiger partial charge in [0, 0.05) is 25.5 Å². The summed E-state index contributed by atoms with van der Waals surface area (Å²) >= 11 is 0. The summed E-state index contributed by atoms with van der Waals surface area (Å²) in [6.45, 7) is 7.96. The van der Waals surface area contributed by atoms with Crippen molar-refractivity contribution in [3.8, 4) is 11.1 Å². The highest BCUT2D eigenvalue weighted by Gasteiger charge is 2.28. The molecule has 0 saturated carbocycles. The molecule has 1 N–H and O–H groups in total. The summed E-state index contributed by atoms with van der Waals surface area (Å²) in [5.41, 5.74) is 4.81. The quantitative estimate of drug-likeness (QED) is 0.0748. The number of amides is 1. The second-order valence-electron chi connectivity index (χ2n) is 11.8. The lowest BCUT2D eigenvalue weighted by atomic mass is 9.98. The minimum Gasteiger partial charge on any atom is -0.463 e. The highest BCUT2D eigenvalue weighted by Crippen LogP contribution is 2.44. The lowest BCUT2D eigenvalue weighted by Gasteiger charge is -2.14. The Morgan fingerprint density at radius 3 is 1.60 bits per heavy atom. The van der Waals surface area contributed by atoms with E-state index < -0.39 is 6.09 Å². The summed E-state index contributed by atoms with van der Waals surface area (Å²) in [7, 11) is 0. The van der Waals surface area contributed by atoms with Gasteiger partial charge in [0.15, 0.2) is 0 Å². The van der Waals surface area contributed by atoms with Crippen LogP contribution in [0.15, 0.2) is 48.5 Å². The van der Waals surface area contributed by atoms with Gasteiger partial charge in [-0.25, -0.2) is 4.79 Å². The van der Waals surface area contributed by atoms with Crippen LogP contribution in [-0.2, 0) is 38.0 Å². The zero-order valence-corrected chi connectivity index (χ0v) is 28.9. The fraction of sp³-hybridized carbons (Fsp3) is 0.632. The van der Waals surface area contributed by atoms with Crippen LogP contribution in [0.2, 0.25) is 0 Å². The van der Waals surface area contributed by atoms with Crippen LogP contribution in [0, 0.1) is 0 Å². The van der Waals surface area contributed by atoms with Crippen molar-refractivity contribution in [2.75, 3.05) is 85.8 Å². The molecule has 1 aliphatic rings. The lowest BCUT2D eigenvalue weighted by Crippen LogP contribution is -2.27. The zero-order chi connectivity index (χ0) is 33.9. The van der Waals surface area contributed by atoms with Gasteiger partial charge in [-0.15, -0.1) is 0 Å². The number of esters is 1. The van der Waals surface area contributed by atoms with Crippen LogP contribution >= 0.6 is 0 Å². The monoisotopic (exact) mass is 671 g/mol. The van der Waals surface area contributed by atoms with Crippen LogP contribution in [0.25, 0.3) is 11.1 Å². The molecular formula is C38H57NO9. The largest absolute Gasteiger partial charge is 0.463 e. The van der Waals surface area contributed by atoms with E-state index in [9.17, 15) is 9.59 Å². The molecule has 0 unspecified atom stereocenters. The maximum atomic E-state index is 12.2. The van der Waals surface area contributed by atoms with Crippen LogP contribution < -0.4 is 5.32 Å². The molecule has 1 amide bonds. The van der Waals surface area contributed by atoms with Gasteiger partial charge in [0.2, 0.25) is 0 Å². The Morgan fingerprint density at radius 2 is 1.04 bits per heavy atom. The van der Waals surface area contributed by atoms with E-state index in [1.54, 1.807) is 0 Å². The van der Waals surface area contributed by atoms with Crippen LogP contribution in [0.3, 0.4) is 0 Å². The topological polar surface area (TPSA) is 111 Å². The molecule has 10 nitrogen and oxygen atoms in total. The number of hydrogen-bond acceptors (Lipinski definition) is 9. The lowest BCUT2D eigenvalue weighted by molar-refractivity contribution is -0.145. The number of benzene rings is 2. The van der Waals surface area contributed by atoms with Crippen LogP contribution in [0.5, 0.6) is 0 Å². The Balaban J connectivity index is 1.01. The van der Waals surface area contributed by atoms with E-state index in [0.29, 0.717) is 92.1 Å². The fourth-order valence-electron chi connectivity index (χ4n) is 5.51. The van der Waals surface area contributed by atoms with Crippen molar-refractivity contribution in [1.82, 2.24) is 5.32 Å². The van der Waals surface area contributed by atoms with Gasteiger partial charge in [0.1, 0.15) is 13.2 Å². The van der Waals surface area contributed by atoms with Gasteiger partial charge in [-0.2, -0.15) is 0 Å². The zero-order valence-electron chi connectivity index (χ0n) is 28.9. The van der Waals surface area contributed by atoms with Gasteiger partial charge >= 0.3 is 12.1 Å². The number of fused-ring (bicyclic) bond motifs is 3. The predicted octanol–water partition coefficient (Wildman–Crippen LogP) is 6.68. The Kier molecular flexibility index (Phi) is 21.3. The van der Waals surface area contributed by atoms with Crippen molar-refractivity contribution in [2.45, 2.75) is 70.6 Å². The number of unbranched alkanes of at least 4 members (excludes halogenated alkanes) is 6. The first-order valence-electron chi connectivity index (χ1n) is 17.8. The van der Waals surface area contributed by atoms with E-state index in [4.69, 9.17) is 33.2 Å². The molecule has 0 bridgehead atoms. The van der Waals surface area contributed by atoms with E-state index >= 15 is 0 Å². The molecule has 0 aromatic heterocycles. The van der Waals surface area contributed by atoms with E-state index in [0.717, 1.165) is 12.8 Å². The minimum atomic E-state index is -0.414. The smallest absolute Gasteiger partial charge is 0.407 e. The maximum Gasteiger partial charge on any atom is 0.407 e. The second-order valence-corrected chi connectivity index (χ2v) is 11.8. The Hall–Kier alpha value is -3.02. The van der Waals surface area contributed by atoms with Crippen molar-refractivity contribution < 1.29 is 42.7 Å². The molecule has 268 valence electrons. The average Bonchev–Trinajstić information content (AvgIpc) is 3.43. The summed E-state index contributed by atoms with van der Waals surface area (Å²) in [5, 5.41) is 2.80. The molecule has 2 aromatic rings. The number of rotatable bonds is 29. The number of nitrogens with one attached hydrogen (secondary N) is 1. The molecule has 1 aliphatic carbocycles. The summed E-state index contributed by atoms with van der Waals surface area (Å²) < 4.78 is 38.3. The van der Waals surface area contributed by atoms with Crippen LogP contribution in [0.4, 0.5) is 4.79 Å². The molecule has 0 radical (unpaired) electrons. The molecule has 0 heterocycles. The third-order valence-corrected chi connectivity index (χ3v) is 8.04. The van der Waals surface area contributed by atoms with E-state index in [1.165, 1.54) is 54.4 Å². The summed E-state index contributed by atoms with van der Waals surface area (Å²) in [6.07, 6.45) is 9.05. The first-order chi connectivity index (χ1) is 23.7. The Bertz CT molecular complexity index is 1100. The van der Waals surface area contributed by atoms with Crippen molar-refractivity contribution >= 4 is 12.1 Å². The number of ether oxygens (including phenoxy) is 7. The maximum absolute atomic E-state index is 12.2. The molecule has 3 rings (SSSR count). The van der Waals surface area contributed by atoms with Gasteiger partial charge in [0.05, 0.1) is 59.5 Å². The van der Waals surface area contributed by atoms with Crippen molar-refractivity contribution in [1.29, 1.82) is 0 Å². The van der Waals surface area contributed by atoms with E-state index in [1.807, 2.05) is 24.3 Å². The van der Waals surface area contributed by atoms with Crippen LogP contribution in [-0.4, -0.2) is 97.9 Å². The first-order valence-corrected chi connectivity index (χ1v) is 17.8. The Morgan fingerprint density at radius 1 is 0.562 bits per heavy atom. The molecule has 0 aliphatic heterocycles. The highest BCUT2D eigenvalue weighted by atomic mass is 16.6. The molecule has 0 saturated heterocycles. The normalized spacial score (nSPS) is 12.1. The van der Waals surface area contributed by atoms with Crippen molar-refractivity contribution in [3.63, 3.8) is 0 Å². The van der Waals surface area contributed by atoms with Gasteiger partial charge in [-0.1, -0.05) is 94.0 Å². The minimum absolute atomic E-state index is 0.0517. The van der Waals surface area contributed by atoms with Crippen LogP contribution in [0.1, 0.15) is 81.8 Å². The molecule has 0 atom stereocenters. The number of carbonyl (C=O) groups is 2. The molecule has 48 heavy (non-hydrogen) atoms. The number of hydrogen-bond donors (Lipinski definition) is 1. The molecular weight excluding hydrogens is 614 g/mol. The second kappa shape index (κ2) is 25.9. The molecule has 0 fully saturated rings. The van der Waals surface area contributed by atoms with Crippen molar-refractivity contribution in [3.05, 3.63) is 59.7 Å². The summed E-state index contributed by atoms with van der Waals surface area (Å²) in [6, 6.07) is 16.6. The molecule has 0 spiro atoms. The number of carbonyl (C=O) groups excluding carboxylic acids is 2. The SMILES string of the molecule is CCCCCCCCCC(=O)OCCOCCOCCOCCOCCOCCCNC(=O)OCC1c2ccccc2-c2ccccc21. The van der Waals surface area contributed by atoms with E-state index in [-0.39, 0.29) is 18.5 Å². The standard InChI is InChI=1S/C38H57NO9/c1-2-3-4-5-6-7-8-18-37(40)47-30-29-46-28-27-45-26-25-44-24-23-43-22-21-42-20-13-19-39-38(41)48-31-36-34-16-11-9-14-32(34)33-15-10-12-17-35(33)36/h9-12,14-17,36H,2-8,13,18-31H2,1H3,(H,39,41). The van der Waals surface area contributed by atoms with Gasteiger partial charge < -0.3 is 38.5 Å². The Labute approximate surface area is 287 Å². The molecule has 2 aromatic carbocycles. The van der Waals surface area contributed by atoms with Gasteiger partial charge in [-0.05, 0) is 35.1 Å². The first kappa shape index (κ1) is 39.4. The average molecular weight is 672 g/mol. The van der Waals surface area contributed by atoms with Gasteiger partial charge in [-0.3, -0.25) is 4.79 Å². The third kappa shape index (κ3) is 16.4. The molecule has 10 heteroatoms. The van der Waals surface area contributed by atoms with Gasteiger partial charge in [0.25, 0.3) is 0 Å². The summed E-state index contributed by atoms with van der Waals surface area (Å²) in [4.78, 5) is 24.0. The fourth-order valence-corrected chi connectivity index (χ4v) is 5.51. The highest BCUT2D eigenvalue weighted by molar-refractivity contribution is 5.79. The van der Waals surface area contributed by atoms with Crippen molar-refractivity contribution in [2.24, 2.45) is 0 Å². The number of alkyl carbamates (subject to hydrolysis) is 1.